The first-order valence-corrected chi connectivity index (χ1v) is 7.62. The monoisotopic (exact) mass is 319 g/mol. The highest BCUT2D eigenvalue weighted by atomic mass is 79.9. The maximum absolute atomic E-state index is 4.86. The fourth-order valence-electron chi connectivity index (χ4n) is 2.88. The van der Waals surface area contributed by atoms with E-state index in [4.69, 9.17) is 4.98 Å². The Bertz CT molecular complexity index is 597. The largest absolute Gasteiger partial charge is 0.325 e. The second-order valence-corrected chi connectivity index (χ2v) is 6.07. The predicted molar refractivity (Wildman–Crippen MR) is 80.1 cm³/mol. The van der Waals surface area contributed by atoms with Crippen molar-refractivity contribution in [2.75, 3.05) is 0 Å². The normalized spacial score (nSPS) is 16.2. The Balaban J connectivity index is 2.05. The number of imidazole rings is 1. The number of hydrogen-bond acceptors (Lipinski definition) is 2. The van der Waals surface area contributed by atoms with Crippen molar-refractivity contribution in [2.24, 2.45) is 7.05 Å². The summed E-state index contributed by atoms with van der Waals surface area (Å²) in [6.45, 7) is 2.01. The lowest BCUT2D eigenvalue weighted by Gasteiger charge is -2.08. The summed E-state index contributed by atoms with van der Waals surface area (Å²) in [6.07, 6.45) is 5.18. The van der Waals surface area contributed by atoms with Crippen LogP contribution in [0.3, 0.4) is 0 Å². The topological polar surface area (TPSA) is 30.7 Å². The number of aryl methyl sites for hydroxylation is 1. The molecule has 1 aliphatic rings. The third-order valence-corrected chi connectivity index (χ3v) is 4.82. The molecule has 0 radical (unpaired) electrons. The molecule has 3 rings (SSSR count). The third-order valence-electron chi connectivity index (χ3n) is 3.91. The van der Waals surface area contributed by atoms with Gasteiger partial charge in [-0.15, -0.1) is 0 Å². The molecule has 0 N–H and O–H groups in total. The molecule has 0 unspecified atom stereocenters. The zero-order valence-corrected chi connectivity index (χ0v) is 12.9. The van der Waals surface area contributed by atoms with Gasteiger partial charge in [-0.05, 0) is 47.8 Å². The quantitative estimate of drug-likeness (QED) is 0.830. The first kappa shape index (κ1) is 12.9. The predicted octanol–water partition coefficient (Wildman–Crippen LogP) is 4.21. The van der Waals surface area contributed by atoms with Crippen LogP contribution in [-0.2, 0) is 7.05 Å². The number of aromatic nitrogens is 3. The Morgan fingerprint density at radius 2 is 1.95 bits per heavy atom. The molecule has 4 heteroatoms. The van der Waals surface area contributed by atoms with E-state index in [1.54, 1.807) is 0 Å². The van der Waals surface area contributed by atoms with E-state index in [1.165, 1.54) is 31.5 Å². The average molecular weight is 320 g/mol. The minimum absolute atomic E-state index is 0.611. The number of halogens is 1. The smallest absolute Gasteiger partial charge is 0.122 e. The molecule has 19 heavy (non-hydrogen) atoms. The van der Waals surface area contributed by atoms with Gasteiger partial charge in [-0.1, -0.05) is 18.9 Å². The van der Waals surface area contributed by atoms with E-state index in [0.717, 1.165) is 21.7 Å². The molecule has 0 spiro atoms. The standard InChI is InChI=1S/C15H18BrN3/c1-10-6-5-9-12(17-10)13-14(16)19(2)15(18-13)11-7-3-4-8-11/h5-6,9,11H,3-4,7-8H2,1-2H3. The number of rotatable bonds is 2. The maximum atomic E-state index is 4.86. The molecule has 0 aliphatic heterocycles. The Hall–Kier alpha value is -1.16. The van der Waals surface area contributed by atoms with Crippen molar-refractivity contribution >= 4 is 15.9 Å². The zero-order chi connectivity index (χ0) is 13.4. The second kappa shape index (κ2) is 5.08. The van der Waals surface area contributed by atoms with Gasteiger partial charge >= 0.3 is 0 Å². The van der Waals surface area contributed by atoms with E-state index in [0.29, 0.717) is 5.92 Å². The van der Waals surface area contributed by atoms with Gasteiger partial charge < -0.3 is 4.57 Å². The van der Waals surface area contributed by atoms with E-state index < -0.39 is 0 Å². The molecule has 0 saturated heterocycles. The molecule has 1 fully saturated rings. The van der Waals surface area contributed by atoms with Gasteiger partial charge in [-0.2, -0.15) is 0 Å². The molecule has 1 saturated carbocycles. The first-order chi connectivity index (χ1) is 9.16. The molecule has 1 aliphatic carbocycles. The van der Waals surface area contributed by atoms with Crippen LogP contribution in [0.25, 0.3) is 11.4 Å². The first-order valence-electron chi connectivity index (χ1n) is 6.83. The van der Waals surface area contributed by atoms with Crippen LogP contribution in [0.4, 0.5) is 0 Å². The highest BCUT2D eigenvalue weighted by molar-refractivity contribution is 9.10. The van der Waals surface area contributed by atoms with Gasteiger partial charge in [0.15, 0.2) is 0 Å². The Labute approximate surface area is 122 Å². The van der Waals surface area contributed by atoms with E-state index in [2.05, 4.69) is 32.5 Å². The maximum Gasteiger partial charge on any atom is 0.122 e. The summed E-state index contributed by atoms with van der Waals surface area (Å²) in [5.74, 6) is 1.81. The highest BCUT2D eigenvalue weighted by Gasteiger charge is 2.24. The van der Waals surface area contributed by atoms with Gasteiger partial charge in [-0.3, -0.25) is 4.98 Å². The Morgan fingerprint density at radius 1 is 1.21 bits per heavy atom. The van der Waals surface area contributed by atoms with E-state index in [9.17, 15) is 0 Å². The minimum atomic E-state index is 0.611. The van der Waals surface area contributed by atoms with Crippen molar-refractivity contribution < 1.29 is 0 Å². The summed E-state index contributed by atoms with van der Waals surface area (Å²) in [5, 5.41) is 0. The van der Waals surface area contributed by atoms with Gasteiger partial charge in [0.25, 0.3) is 0 Å². The van der Waals surface area contributed by atoms with Crippen molar-refractivity contribution in [2.45, 2.75) is 38.5 Å². The van der Waals surface area contributed by atoms with Crippen molar-refractivity contribution in [1.82, 2.24) is 14.5 Å². The van der Waals surface area contributed by atoms with Crippen LogP contribution in [0, 0.1) is 6.92 Å². The Morgan fingerprint density at radius 3 is 2.63 bits per heavy atom. The van der Waals surface area contributed by atoms with Crippen LogP contribution >= 0.6 is 15.9 Å². The van der Waals surface area contributed by atoms with Crippen LogP contribution in [0.1, 0.15) is 43.1 Å². The van der Waals surface area contributed by atoms with Gasteiger partial charge in [0.2, 0.25) is 0 Å². The molecule has 0 aromatic carbocycles. The second-order valence-electron chi connectivity index (χ2n) is 5.31. The molecule has 0 bridgehead atoms. The summed E-state index contributed by atoms with van der Waals surface area (Å²) >= 11 is 3.67. The van der Waals surface area contributed by atoms with E-state index in [-0.39, 0.29) is 0 Å². The Kier molecular flexibility index (Phi) is 3.44. The lowest BCUT2D eigenvalue weighted by atomic mass is 10.1. The highest BCUT2D eigenvalue weighted by Crippen LogP contribution is 2.37. The summed E-state index contributed by atoms with van der Waals surface area (Å²) in [5.41, 5.74) is 2.94. The average Bonchev–Trinajstić information content (AvgIpc) is 3.00. The molecule has 0 amide bonds. The van der Waals surface area contributed by atoms with Crippen LogP contribution in [0.2, 0.25) is 0 Å². The fourth-order valence-corrected chi connectivity index (χ4v) is 3.36. The van der Waals surface area contributed by atoms with Crippen molar-refractivity contribution in [3.05, 3.63) is 34.3 Å². The van der Waals surface area contributed by atoms with E-state index >= 15 is 0 Å². The van der Waals surface area contributed by atoms with E-state index in [1.807, 2.05) is 25.1 Å². The molecular weight excluding hydrogens is 302 g/mol. The molecular formula is C15H18BrN3. The van der Waals surface area contributed by atoms with Crippen LogP contribution in [-0.4, -0.2) is 14.5 Å². The molecule has 2 aromatic heterocycles. The van der Waals surface area contributed by atoms with Gasteiger partial charge in [0, 0.05) is 18.7 Å². The lowest BCUT2D eigenvalue weighted by molar-refractivity contribution is 0.629. The van der Waals surface area contributed by atoms with Crippen molar-refractivity contribution in [3.8, 4) is 11.4 Å². The summed E-state index contributed by atoms with van der Waals surface area (Å²) in [4.78, 5) is 9.44. The number of nitrogens with zero attached hydrogens (tertiary/aromatic N) is 3. The van der Waals surface area contributed by atoms with Gasteiger partial charge in [0.05, 0.1) is 5.69 Å². The number of hydrogen-bond donors (Lipinski definition) is 0. The molecule has 2 aromatic rings. The zero-order valence-electron chi connectivity index (χ0n) is 11.4. The molecule has 100 valence electrons. The molecule has 2 heterocycles. The molecule has 3 nitrogen and oxygen atoms in total. The lowest BCUT2D eigenvalue weighted by Crippen LogP contribution is -2.02. The van der Waals surface area contributed by atoms with Crippen molar-refractivity contribution in [3.63, 3.8) is 0 Å². The summed E-state index contributed by atoms with van der Waals surface area (Å²) in [7, 11) is 2.09. The summed E-state index contributed by atoms with van der Waals surface area (Å²) < 4.78 is 3.21. The fraction of sp³-hybridized carbons (Fsp3) is 0.467. The number of pyridine rings is 1. The minimum Gasteiger partial charge on any atom is -0.325 e. The van der Waals surface area contributed by atoms with Gasteiger partial charge in [0.1, 0.15) is 16.1 Å². The molecule has 0 atom stereocenters. The van der Waals surface area contributed by atoms with Crippen LogP contribution in [0.15, 0.2) is 22.8 Å². The van der Waals surface area contributed by atoms with Crippen molar-refractivity contribution in [1.29, 1.82) is 0 Å². The SMILES string of the molecule is Cc1cccc(-c2nc(C3CCCC3)n(C)c2Br)n1. The van der Waals surface area contributed by atoms with Crippen LogP contribution in [0.5, 0.6) is 0 Å². The van der Waals surface area contributed by atoms with Crippen LogP contribution < -0.4 is 0 Å². The summed E-state index contributed by atoms with van der Waals surface area (Å²) in [6, 6.07) is 6.07. The van der Waals surface area contributed by atoms with Gasteiger partial charge in [-0.25, -0.2) is 4.98 Å². The third kappa shape index (κ3) is 2.34.